The lowest BCUT2D eigenvalue weighted by atomic mass is 9.88. The summed E-state index contributed by atoms with van der Waals surface area (Å²) >= 11 is 0. The Kier molecular flexibility index (Phi) is 4.20. The van der Waals surface area contributed by atoms with Gasteiger partial charge in [0.15, 0.2) is 0 Å². The second-order valence-corrected chi connectivity index (χ2v) is 4.53. The van der Waals surface area contributed by atoms with Gasteiger partial charge in [0.25, 0.3) is 0 Å². The van der Waals surface area contributed by atoms with E-state index in [0.29, 0.717) is 5.92 Å². The lowest BCUT2D eigenvalue weighted by Crippen LogP contribution is -2.43. The van der Waals surface area contributed by atoms with Gasteiger partial charge in [-0.25, -0.2) is 0 Å². The van der Waals surface area contributed by atoms with E-state index in [2.05, 4.69) is 17.4 Å². The monoisotopic (exact) mass is 249 g/mol. The first-order chi connectivity index (χ1) is 8.74. The van der Waals surface area contributed by atoms with Gasteiger partial charge in [-0.1, -0.05) is 12.1 Å². The summed E-state index contributed by atoms with van der Waals surface area (Å²) in [6, 6.07) is 7.95. The Bertz CT molecular complexity index is 411. The Morgan fingerprint density at radius 3 is 2.78 bits per heavy atom. The van der Waals surface area contributed by atoms with Crippen molar-refractivity contribution < 1.29 is 14.3 Å². The van der Waals surface area contributed by atoms with Crippen molar-refractivity contribution in [3.8, 4) is 5.75 Å². The number of hydrogen-bond acceptors (Lipinski definition) is 4. The van der Waals surface area contributed by atoms with Gasteiger partial charge in [0.1, 0.15) is 11.8 Å². The summed E-state index contributed by atoms with van der Waals surface area (Å²) in [6.45, 7) is 0.799. The van der Waals surface area contributed by atoms with E-state index in [1.54, 1.807) is 7.11 Å². The fourth-order valence-corrected chi connectivity index (χ4v) is 2.38. The summed E-state index contributed by atoms with van der Waals surface area (Å²) in [5.74, 6) is 1.14. The molecule has 1 saturated heterocycles. The fourth-order valence-electron chi connectivity index (χ4n) is 2.38. The molecule has 1 aliphatic rings. The number of methoxy groups -OCH3 is 2. The first-order valence-electron chi connectivity index (χ1n) is 6.19. The van der Waals surface area contributed by atoms with Crippen LogP contribution in [-0.2, 0) is 9.53 Å². The second-order valence-electron chi connectivity index (χ2n) is 4.53. The Hall–Kier alpha value is -1.55. The number of ether oxygens (including phenoxy) is 2. The van der Waals surface area contributed by atoms with Crippen molar-refractivity contribution in [3.05, 3.63) is 29.8 Å². The molecule has 4 heteroatoms. The number of carbonyl (C=O) groups is 1. The zero-order chi connectivity index (χ0) is 13.0. The van der Waals surface area contributed by atoms with Crippen LogP contribution in [0.4, 0.5) is 0 Å². The van der Waals surface area contributed by atoms with Crippen molar-refractivity contribution in [1.82, 2.24) is 5.32 Å². The molecule has 0 amide bonds. The molecule has 0 aliphatic carbocycles. The van der Waals surface area contributed by atoms with Crippen LogP contribution in [0.3, 0.4) is 0 Å². The number of benzene rings is 1. The summed E-state index contributed by atoms with van der Waals surface area (Å²) in [6.07, 6.45) is 1.80. The van der Waals surface area contributed by atoms with E-state index in [-0.39, 0.29) is 12.0 Å². The molecule has 4 nitrogen and oxygen atoms in total. The predicted molar refractivity (Wildman–Crippen MR) is 68.8 cm³/mol. The predicted octanol–water partition coefficient (Wildman–Crippen LogP) is 1.70. The number of piperidine rings is 1. The van der Waals surface area contributed by atoms with Crippen molar-refractivity contribution in [2.75, 3.05) is 20.8 Å². The topological polar surface area (TPSA) is 47.6 Å². The molecule has 1 fully saturated rings. The number of hydrogen-bond donors (Lipinski definition) is 1. The van der Waals surface area contributed by atoms with Crippen molar-refractivity contribution in [2.45, 2.75) is 24.8 Å². The SMILES string of the molecule is COC(=O)[C@@H]1CC[C@H](c2cccc(OC)c2)CN1. The van der Waals surface area contributed by atoms with Gasteiger partial charge in [-0.2, -0.15) is 0 Å². The Morgan fingerprint density at radius 1 is 1.33 bits per heavy atom. The molecule has 1 N–H and O–H groups in total. The van der Waals surface area contributed by atoms with E-state index in [1.165, 1.54) is 12.7 Å². The van der Waals surface area contributed by atoms with Crippen LogP contribution < -0.4 is 10.1 Å². The van der Waals surface area contributed by atoms with Gasteiger partial charge in [-0.05, 0) is 36.5 Å². The average molecular weight is 249 g/mol. The van der Waals surface area contributed by atoms with Gasteiger partial charge in [0.05, 0.1) is 14.2 Å². The molecule has 0 bridgehead atoms. The molecule has 1 aliphatic heterocycles. The Morgan fingerprint density at radius 2 is 2.17 bits per heavy atom. The van der Waals surface area contributed by atoms with Crippen LogP contribution in [0.1, 0.15) is 24.3 Å². The first-order valence-corrected chi connectivity index (χ1v) is 6.19. The van der Waals surface area contributed by atoms with Crippen LogP contribution >= 0.6 is 0 Å². The van der Waals surface area contributed by atoms with E-state index in [4.69, 9.17) is 9.47 Å². The van der Waals surface area contributed by atoms with E-state index < -0.39 is 0 Å². The highest BCUT2D eigenvalue weighted by Gasteiger charge is 2.27. The minimum atomic E-state index is -0.168. The van der Waals surface area contributed by atoms with Gasteiger partial charge in [-0.3, -0.25) is 4.79 Å². The maximum Gasteiger partial charge on any atom is 0.322 e. The van der Waals surface area contributed by atoms with E-state index >= 15 is 0 Å². The van der Waals surface area contributed by atoms with E-state index in [0.717, 1.165) is 25.1 Å². The summed E-state index contributed by atoms with van der Waals surface area (Å²) in [7, 11) is 3.10. The Balaban J connectivity index is 1.98. The second kappa shape index (κ2) is 5.87. The van der Waals surface area contributed by atoms with Crippen LogP contribution in [0.15, 0.2) is 24.3 Å². The zero-order valence-corrected chi connectivity index (χ0v) is 10.8. The van der Waals surface area contributed by atoms with E-state index in [9.17, 15) is 4.79 Å². The van der Waals surface area contributed by atoms with E-state index in [1.807, 2.05) is 12.1 Å². The number of nitrogens with one attached hydrogen (secondary N) is 1. The molecule has 98 valence electrons. The van der Waals surface area contributed by atoms with Gasteiger partial charge < -0.3 is 14.8 Å². The maximum atomic E-state index is 11.4. The zero-order valence-electron chi connectivity index (χ0n) is 10.8. The lowest BCUT2D eigenvalue weighted by Gasteiger charge is -2.28. The smallest absolute Gasteiger partial charge is 0.322 e. The van der Waals surface area contributed by atoms with Crippen LogP contribution in [0, 0.1) is 0 Å². The quantitative estimate of drug-likeness (QED) is 0.828. The van der Waals surface area contributed by atoms with Gasteiger partial charge in [0, 0.05) is 6.54 Å². The first kappa shape index (κ1) is 12.9. The third-order valence-corrected chi connectivity index (χ3v) is 3.47. The van der Waals surface area contributed by atoms with Gasteiger partial charge in [0.2, 0.25) is 0 Å². The molecular weight excluding hydrogens is 230 g/mol. The minimum Gasteiger partial charge on any atom is -0.497 e. The molecule has 1 heterocycles. The van der Waals surface area contributed by atoms with Crippen LogP contribution in [0.5, 0.6) is 5.75 Å². The molecule has 0 saturated carbocycles. The third kappa shape index (κ3) is 2.82. The van der Waals surface area contributed by atoms with Crippen LogP contribution in [-0.4, -0.2) is 32.8 Å². The van der Waals surface area contributed by atoms with Crippen LogP contribution in [0.25, 0.3) is 0 Å². The molecule has 2 atom stereocenters. The summed E-state index contributed by atoms with van der Waals surface area (Å²) < 4.78 is 9.97. The van der Waals surface area contributed by atoms with Crippen molar-refractivity contribution in [3.63, 3.8) is 0 Å². The molecule has 1 aromatic rings. The van der Waals surface area contributed by atoms with Crippen molar-refractivity contribution in [2.24, 2.45) is 0 Å². The minimum absolute atomic E-state index is 0.156. The standard InChI is InChI=1S/C14H19NO3/c1-17-12-5-3-4-10(8-12)11-6-7-13(15-9-11)14(16)18-2/h3-5,8,11,13,15H,6-7,9H2,1-2H3/t11-,13-/m0/s1. The molecule has 0 radical (unpaired) electrons. The number of rotatable bonds is 3. The highest BCUT2D eigenvalue weighted by atomic mass is 16.5. The number of carbonyl (C=O) groups excluding carboxylic acids is 1. The summed E-state index contributed by atoms with van der Waals surface area (Å²) in [5.41, 5.74) is 1.25. The lowest BCUT2D eigenvalue weighted by molar-refractivity contribution is -0.143. The molecular formula is C14H19NO3. The fraction of sp³-hybridized carbons (Fsp3) is 0.500. The largest absolute Gasteiger partial charge is 0.497 e. The normalized spacial score (nSPS) is 23.4. The molecule has 0 aromatic heterocycles. The summed E-state index contributed by atoms with van der Waals surface area (Å²) in [4.78, 5) is 11.4. The van der Waals surface area contributed by atoms with Crippen molar-refractivity contribution >= 4 is 5.97 Å². The molecule has 0 unspecified atom stereocenters. The average Bonchev–Trinajstić information content (AvgIpc) is 2.46. The maximum absolute atomic E-state index is 11.4. The Labute approximate surface area is 107 Å². The highest BCUT2D eigenvalue weighted by Crippen LogP contribution is 2.27. The van der Waals surface area contributed by atoms with Crippen LogP contribution in [0.2, 0.25) is 0 Å². The number of esters is 1. The van der Waals surface area contributed by atoms with Crippen molar-refractivity contribution in [1.29, 1.82) is 0 Å². The highest BCUT2D eigenvalue weighted by molar-refractivity contribution is 5.75. The molecule has 2 rings (SSSR count). The molecule has 1 aromatic carbocycles. The van der Waals surface area contributed by atoms with Gasteiger partial charge in [-0.15, -0.1) is 0 Å². The molecule has 18 heavy (non-hydrogen) atoms. The third-order valence-electron chi connectivity index (χ3n) is 3.47. The van der Waals surface area contributed by atoms with Gasteiger partial charge >= 0.3 is 5.97 Å². The molecule has 0 spiro atoms. The summed E-state index contributed by atoms with van der Waals surface area (Å²) in [5, 5.41) is 3.24.